The molecule has 0 saturated heterocycles. The molecule has 1 heterocycles. The van der Waals surface area contributed by atoms with E-state index in [1.165, 1.54) is 16.7 Å². The Hall–Kier alpha value is -4.34. The SMILES string of the molecule is C=CC(=O)N(C)CC(=O)NNC(=O)c1ccc(Cn2nnc(-c3ccccc3)n2)cc1. The van der Waals surface area contributed by atoms with Gasteiger partial charge >= 0.3 is 0 Å². The fourth-order valence-corrected chi connectivity index (χ4v) is 2.63. The molecule has 0 atom stereocenters. The molecule has 0 radical (unpaired) electrons. The van der Waals surface area contributed by atoms with Crippen molar-refractivity contribution in [2.75, 3.05) is 13.6 Å². The summed E-state index contributed by atoms with van der Waals surface area (Å²) in [5.74, 6) is -0.875. The standard InChI is InChI=1S/C21H21N7O3/c1-3-19(30)27(2)14-18(29)22-24-21(31)17-11-9-15(10-12-17)13-28-25-20(23-26-28)16-7-5-4-6-8-16/h3-12H,1,13-14H2,2H3,(H,22,29)(H,24,31). The molecule has 0 spiro atoms. The number of nitrogens with zero attached hydrogens (tertiary/aromatic N) is 5. The molecule has 31 heavy (non-hydrogen) atoms. The van der Waals surface area contributed by atoms with E-state index in [-0.39, 0.29) is 6.54 Å². The lowest BCUT2D eigenvalue weighted by Gasteiger charge is -2.14. The maximum absolute atomic E-state index is 12.2. The Kier molecular flexibility index (Phi) is 6.84. The van der Waals surface area contributed by atoms with Crippen molar-refractivity contribution in [2.45, 2.75) is 6.54 Å². The number of carbonyl (C=O) groups is 3. The lowest BCUT2D eigenvalue weighted by atomic mass is 10.1. The van der Waals surface area contributed by atoms with E-state index in [4.69, 9.17) is 0 Å². The van der Waals surface area contributed by atoms with Gasteiger partial charge in [0.15, 0.2) is 0 Å². The van der Waals surface area contributed by atoms with E-state index < -0.39 is 17.7 Å². The third-order valence-electron chi connectivity index (χ3n) is 4.27. The molecule has 2 aromatic carbocycles. The van der Waals surface area contributed by atoms with E-state index in [0.717, 1.165) is 17.2 Å². The van der Waals surface area contributed by atoms with Gasteiger partial charge < -0.3 is 4.90 Å². The van der Waals surface area contributed by atoms with E-state index in [1.54, 1.807) is 24.3 Å². The van der Waals surface area contributed by atoms with Gasteiger partial charge in [0.05, 0.1) is 6.54 Å². The molecular weight excluding hydrogens is 398 g/mol. The summed E-state index contributed by atoms with van der Waals surface area (Å²) in [6, 6.07) is 16.3. The highest BCUT2D eigenvalue weighted by Gasteiger charge is 2.12. The van der Waals surface area contributed by atoms with E-state index >= 15 is 0 Å². The molecular formula is C21H21N7O3. The third-order valence-corrected chi connectivity index (χ3v) is 4.27. The van der Waals surface area contributed by atoms with Gasteiger partial charge in [0.1, 0.15) is 6.54 Å². The van der Waals surface area contributed by atoms with Gasteiger partial charge in [-0.2, -0.15) is 4.80 Å². The zero-order chi connectivity index (χ0) is 22.2. The molecule has 0 aliphatic rings. The van der Waals surface area contributed by atoms with Crippen LogP contribution < -0.4 is 10.9 Å². The molecule has 0 aliphatic heterocycles. The lowest BCUT2D eigenvalue weighted by molar-refractivity contribution is -0.131. The van der Waals surface area contributed by atoms with Crippen LogP contribution in [0.5, 0.6) is 0 Å². The second-order valence-corrected chi connectivity index (χ2v) is 6.61. The van der Waals surface area contributed by atoms with Crippen molar-refractivity contribution in [1.82, 2.24) is 36.0 Å². The molecule has 0 saturated carbocycles. The van der Waals surface area contributed by atoms with Gasteiger partial charge in [0, 0.05) is 18.2 Å². The third kappa shape index (κ3) is 5.82. The first-order chi connectivity index (χ1) is 15.0. The van der Waals surface area contributed by atoms with Gasteiger partial charge in [-0.3, -0.25) is 25.2 Å². The van der Waals surface area contributed by atoms with Crippen LogP contribution in [0, 0.1) is 0 Å². The Labute approximate surface area is 178 Å². The number of rotatable bonds is 7. The summed E-state index contributed by atoms with van der Waals surface area (Å²) in [6.07, 6.45) is 1.10. The van der Waals surface area contributed by atoms with E-state index in [0.29, 0.717) is 17.9 Å². The number of aromatic nitrogens is 4. The lowest BCUT2D eigenvalue weighted by Crippen LogP contribution is -2.46. The van der Waals surface area contributed by atoms with Gasteiger partial charge in [-0.05, 0) is 29.0 Å². The van der Waals surface area contributed by atoms with Gasteiger partial charge in [-0.15, -0.1) is 10.2 Å². The minimum atomic E-state index is -0.533. The van der Waals surface area contributed by atoms with Crippen LogP contribution in [-0.2, 0) is 16.1 Å². The average Bonchev–Trinajstić information content (AvgIpc) is 3.26. The van der Waals surface area contributed by atoms with Crippen molar-refractivity contribution in [3.63, 3.8) is 0 Å². The fraction of sp³-hybridized carbons (Fsp3) is 0.143. The summed E-state index contributed by atoms with van der Waals surface area (Å²) in [4.78, 5) is 38.0. The highest BCUT2D eigenvalue weighted by atomic mass is 16.2. The quantitative estimate of drug-likeness (QED) is 0.431. The first kappa shape index (κ1) is 21.4. The molecule has 1 aromatic heterocycles. The number of hydrogen-bond acceptors (Lipinski definition) is 6. The van der Waals surface area contributed by atoms with E-state index in [1.807, 2.05) is 30.3 Å². The van der Waals surface area contributed by atoms with Crippen LogP contribution in [-0.4, -0.2) is 56.4 Å². The minimum absolute atomic E-state index is 0.208. The maximum atomic E-state index is 12.2. The summed E-state index contributed by atoms with van der Waals surface area (Å²) < 4.78 is 0. The number of nitrogens with one attached hydrogen (secondary N) is 2. The number of tetrazole rings is 1. The zero-order valence-electron chi connectivity index (χ0n) is 16.9. The molecule has 0 fully saturated rings. The van der Waals surface area contributed by atoms with Crippen LogP contribution in [0.2, 0.25) is 0 Å². The Balaban J connectivity index is 1.52. The molecule has 3 amide bonds. The van der Waals surface area contributed by atoms with Crippen molar-refractivity contribution in [3.8, 4) is 11.4 Å². The molecule has 158 valence electrons. The maximum Gasteiger partial charge on any atom is 0.269 e. The van der Waals surface area contributed by atoms with Gasteiger partial charge in [-0.25, -0.2) is 0 Å². The second-order valence-electron chi connectivity index (χ2n) is 6.61. The van der Waals surface area contributed by atoms with Crippen LogP contribution >= 0.6 is 0 Å². The molecule has 0 aliphatic carbocycles. The van der Waals surface area contributed by atoms with Crippen molar-refractivity contribution in [3.05, 3.63) is 78.4 Å². The molecule has 0 bridgehead atoms. The van der Waals surface area contributed by atoms with Crippen LogP contribution in [0.1, 0.15) is 15.9 Å². The van der Waals surface area contributed by atoms with Crippen molar-refractivity contribution < 1.29 is 14.4 Å². The highest BCUT2D eigenvalue weighted by Crippen LogP contribution is 2.12. The smallest absolute Gasteiger partial charge is 0.269 e. The van der Waals surface area contributed by atoms with Crippen molar-refractivity contribution in [1.29, 1.82) is 0 Å². The molecule has 3 aromatic rings. The first-order valence-corrected chi connectivity index (χ1v) is 9.35. The van der Waals surface area contributed by atoms with Gasteiger partial charge in [-0.1, -0.05) is 49.0 Å². The summed E-state index contributed by atoms with van der Waals surface area (Å²) in [6.45, 7) is 3.53. The number of benzene rings is 2. The number of likely N-dealkylation sites (N-methyl/N-ethyl adjacent to an activating group) is 1. The second kappa shape index (κ2) is 9.92. The van der Waals surface area contributed by atoms with Crippen molar-refractivity contribution >= 4 is 17.7 Å². The Morgan fingerprint density at radius 3 is 2.45 bits per heavy atom. The Morgan fingerprint density at radius 1 is 1.06 bits per heavy atom. The van der Waals surface area contributed by atoms with Gasteiger partial charge in [0.25, 0.3) is 11.8 Å². The molecule has 10 heteroatoms. The number of carbonyl (C=O) groups excluding carboxylic acids is 3. The van der Waals surface area contributed by atoms with Crippen LogP contribution in [0.4, 0.5) is 0 Å². The normalized spacial score (nSPS) is 10.2. The Morgan fingerprint density at radius 2 is 1.77 bits per heavy atom. The molecule has 2 N–H and O–H groups in total. The predicted molar refractivity (Wildman–Crippen MR) is 112 cm³/mol. The summed E-state index contributed by atoms with van der Waals surface area (Å²) >= 11 is 0. The minimum Gasteiger partial charge on any atom is -0.333 e. The number of amides is 3. The van der Waals surface area contributed by atoms with Gasteiger partial charge in [0.2, 0.25) is 11.7 Å². The zero-order valence-corrected chi connectivity index (χ0v) is 16.9. The first-order valence-electron chi connectivity index (χ1n) is 9.35. The predicted octanol–water partition coefficient (Wildman–Crippen LogP) is 0.794. The van der Waals surface area contributed by atoms with Crippen LogP contribution in [0.25, 0.3) is 11.4 Å². The largest absolute Gasteiger partial charge is 0.333 e. The summed E-state index contributed by atoms with van der Waals surface area (Å²) in [5.41, 5.74) is 6.69. The van der Waals surface area contributed by atoms with Crippen molar-refractivity contribution in [2.24, 2.45) is 0 Å². The molecule has 0 unspecified atom stereocenters. The van der Waals surface area contributed by atoms with Crippen LogP contribution in [0.15, 0.2) is 67.3 Å². The average molecular weight is 419 g/mol. The highest BCUT2D eigenvalue weighted by molar-refractivity contribution is 5.96. The van der Waals surface area contributed by atoms with E-state index in [9.17, 15) is 14.4 Å². The Bertz CT molecular complexity index is 1080. The number of hydrogen-bond donors (Lipinski definition) is 2. The van der Waals surface area contributed by atoms with E-state index in [2.05, 4.69) is 32.8 Å². The monoisotopic (exact) mass is 419 g/mol. The topological polar surface area (TPSA) is 122 Å². The molecule has 3 rings (SSSR count). The summed E-state index contributed by atoms with van der Waals surface area (Å²) in [7, 11) is 1.46. The summed E-state index contributed by atoms with van der Waals surface area (Å²) in [5, 5.41) is 12.5. The van der Waals surface area contributed by atoms with Crippen LogP contribution in [0.3, 0.4) is 0 Å². The molecule has 10 nitrogen and oxygen atoms in total. The fourth-order valence-electron chi connectivity index (χ4n) is 2.63. The number of hydrazine groups is 1.